The fourth-order valence-corrected chi connectivity index (χ4v) is 10.1. The van der Waals surface area contributed by atoms with E-state index >= 15 is 0 Å². The van der Waals surface area contributed by atoms with Gasteiger partial charge in [0.25, 0.3) is 0 Å². The molecule has 0 amide bonds. The van der Waals surface area contributed by atoms with Gasteiger partial charge in [0, 0.05) is 17.8 Å². The van der Waals surface area contributed by atoms with Gasteiger partial charge in [-0.3, -0.25) is 4.79 Å². The van der Waals surface area contributed by atoms with Crippen LogP contribution in [-0.2, 0) is 14.3 Å². The van der Waals surface area contributed by atoms with Gasteiger partial charge < -0.3 is 24.8 Å². The number of aliphatic hydroxyl groups excluding tert-OH is 2. The Hall–Kier alpha value is -2.90. The van der Waals surface area contributed by atoms with Gasteiger partial charge in [-0.05, 0) is 109 Å². The number of fused-ring (bicyclic) bond motifs is 4. The molecule has 1 saturated carbocycles. The van der Waals surface area contributed by atoms with Crippen molar-refractivity contribution in [2.45, 2.75) is 118 Å². The molecule has 46 heavy (non-hydrogen) atoms. The molecule has 3 N–H and O–H groups in total. The lowest BCUT2D eigenvalue weighted by Gasteiger charge is -2.62. The van der Waals surface area contributed by atoms with Crippen LogP contribution in [0.2, 0.25) is 0 Å². The molecule has 0 unspecified atom stereocenters. The van der Waals surface area contributed by atoms with Crippen LogP contribution < -0.4 is 0 Å². The van der Waals surface area contributed by atoms with Crippen LogP contribution in [0.5, 0.6) is 5.75 Å². The van der Waals surface area contributed by atoms with Crippen molar-refractivity contribution < 1.29 is 34.4 Å². The monoisotopic (exact) mass is 634 g/mol. The fourth-order valence-electron chi connectivity index (χ4n) is 10.1. The van der Waals surface area contributed by atoms with E-state index in [9.17, 15) is 24.9 Å². The molecule has 4 aliphatic carbocycles. The first kappa shape index (κ1) is 34.4. The first-order valence-electron chi connectivity index (χ1n) is 17.1. The number of ether oxygens (including phenoxy) is 2. The van der Waals surface area contributed by atoms with Crippen molar-refractivity contribution in [3.8, 4) is 5.75 Å². The second-order valence-corrected chi connectivity index (χ2v) is 15.9. The zero-order valence-corrected chi connectivity index (χ0v) is 28.9. The molecule has 7 heteroatoms. The molecule has 252 valence electrons. The van der Waals surface area contributed by atoms with Crippen molar-refractivity contribution >= 4 is 11.9 Å². The van der Waals surface area contributed by atoms with Gasteiger partial charge in [-0.2, -0.15) is 0 Å². The first-order valence-corrected chi connectivity index (χ1v) is 17.1. The van der Waals surface area contributed by atoms with Crippen molar-refractivity contribution in [1.82, 2.24) is 0 Å². The van der Waals surface area contributed by atoms with E-state index in [0.717, 1.165) is 43.3 Å². The van der Waals surface area contributed by atoms with Crippen molar-refractivity contribution in [2.75, 3.05) is 0 Å². The normalized spacial score (nSPS) is 35.4. The molecule has 7 nitrogen and oxygen atoms in total. The highest BCUT2D eigenvalue weighted by atomic mass is 16.6. The Labute approximate surface area is 274 Å². The van der Waals surface area contributed by atoms with Crippen molar-refractivity contribution in [3.05, 3.63) is 64.8 Å². The minimum Gasteiger partial charge on any atom is -0.508 e. The maximum atomic E-state index is 13.2. The van der Waals surface area contributed by atoms with Gasteiger partial charge >= 0.3 is 11.9 Å². The average Bonchev–Trinajstić information content (AvgIpc) is 3.33. The third-order valence-corrected chi connectivity index (χ3v) is 12.5. The van der Waals surface area contributed by atoms with Crippen molar-refractivity contribution in [1.29, 1.82) is 0 Å². The van der Waals surface area contributed by atoms with Gasteiger partial charge in [-0.25, -0.2) is 4.79 Å². The van der Waals surface area contributed by atoms with Crippen LogP contribution in [0, 0.1) is 39.9 Å². The first-order chi connectivity index (χ1) is 21.4. The molecule has 0 bridgehead atoms. The molecule has 4 aliphatic rings. The molecular formula is C39H54O7. The van der Waals surface area contributed by atoms with Crippen LogP contribution in [-0.4, -0.2) is 51.7 Å². The summed E-state index contributed by atoms with van der Waals surface area (Å²) >= 11 is 0. The van der Waals surface area contributed by atoms with Gasteiger partial charge in [0.05, 0.1) is 11.7 Å². The Kier molecular flexibility index (Phi) is 9.19. The van der Waals surface area contributed by atoms with Gasteiger partial charge in [0.15, 0.2) is 0 Å². The summed E-state index contributed by atoms with van der Waals surface area (Å²) in [5.41, 5.74) is 2.97. The van der Waals surface area contributed by atoms with Crippen LogP contribution in [0.15, 0.2) is 59.2 Å². The van der Waals surface area contributed by atoms with Crippen LogP contribution in [0.25, 0.3) is 0 Å². The van der Waals surface area contributed by atoms with E-state index in [0.29, 0.717) is 23.8 Å². The van der Waals surface area contributed by atoms with E-state index in [-0.39, 0.29) is 17.6 Å². The van der Waals surface area contributed by atoms with E-state index in [1.165, 1.54) is 42.3 Å². The summed E-state index contributed by atoms with van der Waals surface area (Å²) in [6.45, 7) is 20.7. The van der Waals surface area contributed by atoms with Crippen LogP contribution in [0.4, 0.5) is 0 Å². The minimum atomic E-state index is -1.02. The number of benzene rings is 1. The highest BCUT2D eigenvalue weighted by Crippen LogP contribution is 2.67. The van der Waals surface area contributed by atoms with E-state index < -0.39 is 52.6 Å². The summed E-state index contributed by atoms with van der Waals surface area (Å²) in [7, 11) is 0. The van der Waals surface area contributed by atoms with E-state index in [1.54, 1.807) is 0 Å². The number of esters is 2. The third-order valence-electron chi connectivity index (χ3n) is 12.5. The number of phenols is 1. The molecule has 0 radical (unpaired) electrons. The molecular weight excluding hydrogens is 580 g/mol. The highest BCUT2D eigenvalue weighted by molar-refractivity contribution is 5.89. The van der Waals surface area contributed by atoms with Crippen LogP contribution in [0.1, 0.15) is 104 Å². The summed E-state index contributed by atoms with van der Waals surface area (Å²) in [5.74, 6) is 0.0266. The lowest BCUT2D eigenvalue weighted by atomic mass is 9.45. The second kappa shape index (κ2) is 12.3. The van der Waals surface area contributed by atoms with Crippen LogP contribution in [0.3, 0.4) is 0 Å². The molecule has 1 aromatic carbocycles. The smallest absolute Gasteiger partial charge is 0.338 e. The quantitative estimate of drug-likeness (QED) is 0.203. The maximum absolute atomic E-state index is 13.2. The molecule has 0 saturated heterocycles. The number of carbonyl (C=O) groups is 2. The molecule has 0 spiro atoms. The predicted octanol–water partition coefficient (Wildman–Crippen LogP) is 7.31. The summed E-state index contributed by atoms with van der Waals surface area (Å²) in [4.78, 5) is 25.8. The largest absolute Gasteiger partial charge is 0.508 e. The van der Waals surface area contributed by atoms with Crippen molar-refractivity contribution in [3.63, 3.8) is 0 Å². The van der Waals surface area contributed by atoms with E-state index in [1.807, 2.05) is 13.8 Å². The van der Waals surface area contributed by atoms with Crippen LogP contribution >= 0.6 is 0 Å². The Morgan fingerprint density at radius 2 is 1.67 bits per heavy atom. The number of hydrogen-bond acceptors (Lipinski definition) is 7. The molecule has 9 atom stereocenters. The topological polar surface area (TPSA) is 113 Å². The summed E-state index contributed by atoms with van der Waals surface area (Å²) in [6, 6.07) is 5.90. The number of allylic oxidation sites excluding steroid dienone is 3. The van der Waals surface area contributed by atoms with E-state index in [4.69, 9.17) is 9.47 Å². The molecule has 5 rings (SSSR count). The average molecular weight is 635 g/mol. The van der Waals surface area contributed by atoms with Gasteiger partial charge in [-0.15, -0.1) is 0 Å². The summed E-state index contributed by atoms with van der Waals surface area (Å²) in [5, 5.41) is 33.7. The Bertz CT molecular complexity index is 1430. The molecule has 0 heterocycles. The number of hydrogen-bond donors (Lipinski definition) is 3. The number of rotatable bonds is 8. The lowest BCUT2D eigenvalue weighted by Crippen LogP contribution is -2.63. The zero-order valence-electron chi connectivity index (χ0n) is 28.9. The maximum Gasteiger partial charge on any atom is 0.338 e. The highest BCUT2D eigenvalue weighted by Gasteiger charge is 2.65. The zero-order chi connectivity index (χ0) is 33.9. The van der Waals surface area contributed by atoms with Crippen molar-refractivity contribution in [2.24, 2.45) is 39.9 Å². The Balaban J connectivity index is 1.49. The Morgan fingerprint density at radius 3 is 2.28 bits per heavy atom. The SMILES string of the molecule is C=C(CC[C@@H](C)[C@H]1CC=C2C3=C([C@@H](O)[C@H](OC(C)=O)[C@@]21C)[C@@]1(C)C[C@@H](O)[C@H](OC(=O)c2ccc(O)cc2)C(C)(C)[C@@H]1CC3)C(C)C. The number of aliphatic hydroxyl groups is 2. The standard InChI is InChI=1S/C39H54O7/c1-21(2)22(3)10-11-23(4)28-17-18-29-27-16-19-31-37(6,7)34(46-36(44)25-12-14-26(41)15-13-25)30(42)20-38(31,8)32(27)33(43)35(39(28,29)9)45-24(5)40/h12-15,18,21,23,28,30-31,33-35,41-43H,3,10-11,16-17,19-20H2,1-2,4-9H3/t23-,28-,30-,31+,33-,34+,35+,38+,39-/m1/s1. The number of aromatic hydroxyl groups is 1. The summed E-state index contributed by atoms with van der Waals surface area (Å²) < 4.78 is 12.1. The molecule has 0 aliphatic heterocycles. The van der Waals surface area contributed by atoms with Gasteiger partial charge in [0.2, 0.25) is 0 Å². The van der Waals surface area contributed by atoms with Gasteiger partial charge in [0.1, 0.15) is 24.1 Å². The minimum absolute atomic E-state index is 0.0180. The molecule has 0 aromatic heterocycles. The number of phenolic OH excluding ortho intramolecular Hbond substituents is 1. The molecule has 1 fully saturated rings. The Morgan fingerprint density at radius 1 is 1.02 bits per heavy atom. The second-order valence-electron chi connectivity index (χ2n) is 15.9. The molecule has 1 aromatic rings. The van der Waals surface area contributed by atoms with Gasteiger partial charge in [-0.1, -0.05) is 66.7 Å². The lowest BCUT2D eigenvalue weighted by molar-refractivity contribution is -0.177. The fraction of sp³-hybridized carbons (Fsp3) is 0.641. The predicted molar refractivity (Wildman–Crippen MR) is 178 cm³/mol. The third kappa shape index (κ3) is 5.55. The number of carbonyl (C=O) groups excluding carboxylic acids is 2. The van der Waals surface area contributed by atoms with E-state index in [2.05, 4.69) is 47.3 Å². The summed E-state index contributed by atoms with van der Waals surface area (Å²) in [6.07, 6.45) is 3.47.